The Morgan fingerprint density at radius 2 is 2.17 bits per heavy atom. The van der Waals surface area contributed by atoms with Gasteiger partial charge in [-0.25, -0.2) is 0 Å². The van der Waals surface area contributed by atoms with E-state index in [1.807, 2.05) is 17.0 Å². The number of piperidine rings is 1. The van der Waals surface area contributed by atoms with E-state index in [1.165, 1.54) is 0 Å². The molecule has 3 heterocycles. The monoisotopic (exact) mass is 331 g/mol. The predicted molar refractivity (Wildman–Crippen MR) is 89.6 cm³/mol. The Bertz CT molecular complexity index is 642. The summed E-state index contributed by atoms with van der Waals surface area (Å²) in [5.41, 5.74) is 0.393. The molecule has 1 saturated heterocycles. The van der Waals surface area contributed by atoms with E-state index in [0.717, 1.165) is 50.3 Å². The number of hydrogen-bond donors (Lipinski definition) is 0. The summed E-state index contributed by atoms with van der Waals surface area (Å²) in [7, 11) is 2.11. The lowest BCUT2D eigenvalue weighted by atomic mass is 10.0. The van der Waals surface area contributed by atoms with Gasteiger partial charge in [-0.2, -0.15) is 0 Å². The van der Waals surface area contributed by atoms with Crippen molar-refractivity contribution in [1.29, 1.82) is 0 Å². The van der Waals surface area contributed by atoms with Gasteiger partial charge in [-0.3, -0.25) is 4.79 Å². The molecule has 0 aromatic carbocycles. The quantitative estimate of drug-likeness (QED) is 0.814. The molecule has 24 heavy (non-hydrogen) atoms. The van der Waals surface area contributed by atoms with Gasteiger partial charge in [0.15, 0.2) is 5.69 Å². The van der Waals surface area contributed by atoms with Gasteiger partial charge < -0.3 is 18.7 Å². The SMILES string of the molecule is CCCc1cc(C(=O)N(Cc2ccco2)C2CCN(C)CC2)no1. The molecule has 6 nitrogen and oxygen atoms in total. The van der Waals surface area contributed by atoms with Crippen molar-refractivity contribution in [2.45, 2.75) is 45.2 Å². The number of likely N-dealkylation sites (tertiary alicyclic amines) is 1. The minimum absolute atomic E-state index is 0.0768. The van der Waals surface area contributed by atoms with Crippen molar-refractivity contribution in [1.82, 2.24) is 15.0 Å². The third-order valence-corrected chi connectivity index (χ3v) is 4.57. The van der Waals surface area contributed by atoms with Gasteiger partial charge in [-0.05, 0) is 51.5 Å². The zero-order valence-electron chi connectivity index (χ0n) is 14.4. The largest absolute Gasteiger partial charge is 0.467 e. The second-order valence-electron chi connectivity index (χ2n) is 6.48. The van der Waals surface area contributed by atoms with E-state index in [2.05, 4.69) is 24.0 Å². The maximum absolute atomic E-state index is 13.0. The molecule has 1 fully saturated rings. The second kappa shape index (κ2) is 7.66. The van der Waals surface area contributed by atoms with Crippen molar-refractivity contribution in [2.75, 3.05) is 20.1 Å². The first-order valence-corrected chi connectivity index (χ1v) is 8.65. The van der Waals surface area contributed by atoms with E-state index >= 15 is 0 Å². The van der Waals surface area contributed by atoms with E-state index in [0.29, 0.717) is 12.2 Å². The van der Waals surface area contributed by atoms with E-state index in [9.17, 15) is 4.79 Å². The van der Waals surface area contributed by atoms with Gasteiger partial charge in [-0.15, -0.1) is 0 Å². The smallest absolute Gasteiger partial charge is 0.276 e. The Kier molecular flexibility index (Phi) is 5.35. The van der Waals surface area contributed by atoms with E-state index in [-0.39, 0.29) is 11.9 Å². The lowest BCUT2D eigenvalue weighted by Gasteiger charge is -2.36. The summed E-state index contributed by atoms with van der Waals surface area (Å²) in [6.45, 7) is 4.53. The third kappa shape index (κ3) is 3.87. The van der Waals surface area contributed by atoms with Gasteiger partial charge in [0.25, 0.3) is 5.91 Å². The third-order valence-electron chi connectivity index (χ3n) is 4.57. The second-order valence-corrected chi connectivity index (χ2v) is 6.48. The maximum Gasteiger partial charge on any atom is 0.276 e. The molecule has 130 valence electrons. The van der Waals surface area contributed by atoms with Gasteiger partial charge in [-0.1, -0.05) is 12.1 Å². The fourth-order valence-electron chi connectivity index (χ4n) is 3.17. The Labute approximate surface area is 142 Å². The topological polar surface area (TPSA) is 62.7 Å². The standard InChI is InChI=1S/C18H25N3O3/c1-3-5-15-12-17(19-24-15)18(22)21(13-16-6-4-11-23-16)14-7-9-20(2)10-8-14/h4,6,11-12,14H,3,5,7-10,13H2,1-2H3. The van der Waals surface area contributed by atoms with Crippen molar-refractivity contribution in [3.63, 3.8) is 0 Å². The normalized spacial score (nSPS) is 16.4. The Morgan fingerprint density at radius 1 is 1.38 bits per heavy atom. The highest BCUT2D eigenvalue weighted by Gasteiger charge is 2.30. The summed E-state index contributed by atoms with van der Waals surface area (Å²) in [6.07, 6.45) is 5.33. The highest BCUT2D eigenvalue weighted by Crippen LogP contribution is 2.21. The van der Waals surface area contributed by atoms with Crippen molar-refractivity contribution < 1.29 is 13.7 Å². The van der Waals surface area contributed by atoms with Gasteiger partial charge in [0.2, 0.25) is 0 Å². The van der Waals surface area contributed by atoms with Crippen molar-refractivity contribution in [2.24, 2.45) is 0 Å². The van der Waals surface area contributed by atoms with Crippen LogP contribution < -0.4 is 0 Å². The van der Waals surface area contributed by atoms with Crippen molar-refractivity contribution in [3.05, 3.63) is 41.7 Å². The molecule has 3 rings (SSSR count). The van der Waals surface area contributed by atoms with Gasteiger partial charge >= 0.3 is 0 Å². The molecule has 0 saturated carbocycles. The molecule has 1 aliphatic heterocycles. The van der Waals surface area contributed by atoms with Crippen molar-refractivity contribution in [3.8, 4) is 0 Å². The molecular formula is C18H25N3O3. The summed E-state index contributed by atoms with van der Waals surface area (Å²) in [5.74, 6) is 1.48. The summed E-state index contributed by atoms with van der Waals surface area (Å²) in [6, 6.07) is 5.73. The minimum Gasteiger partial charge on any atom is -0.467 e. The molecule has 0 aliphatic carbocycles. The van der Waals surface area contributed by atoms with Gasteiger partial charge in [0.05, 0.1) is 12.8 Å². The number of hydrogen-bond acceptors (Lipinski definition) is 5. The molecule has 2 aromatic rings. The minimum atomic E-state index is -0.0768. The fourth-order valence-corrected chi connectivity index (χ4v) is 3.17. The van der Waals surface area contributed by atoms with Crippen LogP contribution in [0.1, 0.15) is 48.2 Å². The maximum atomic E-state index is 13.0. The van der Waals surface area contributed by atoms with Crippen LogP contribution in [-0.2, 0) is 13.0 Å². The molecule has 6 heteroatoms. The van der Waals surface area contributed by atoms with E-state index < -0.39 is 0 Å². The van der Waals surface area contributed by atoms with Gasteiger partial charge in [0.1, 0.15) is 11.5 Å². The van der Waals surface area contributed by atoms with Crippen LogP contribution in [0.2, 0.25) is 0 Å². The van der Waals surface area contributed by atoms with E-state index in [1.54, 1.807) is 12.3 Å². The fraction of sp³-hybridized carbons (Fsp3) is 0.556. The highest BCUT2D eigenvalue weighted by atomic mass is 16.5. The molecule has 1 aliphatic rings. The lowest BCUT2D eigenvalue weighted by molar-refractivity contribution is 0.0540. The number of aryl methyl sites for hydroxylation is 1. The molecule has 0 N–H and O–H groups in total. The molecule has 0 bridgehead atoms. The average molecular weight is 331 g/mol. The number of carbonyl (C=O) groups is 1. The molecule has 1 amide bonds. The zero-order valence-corrected chi connectivity index (χ0v) is 14.4. The number of carbonyl (C=O) groups excluding carboxylic acids is 1. The molecular weight excluding hydrogens is 306 g/mol. The molecule has 2 aromatic heterocycles. The van der Waals surface area contributed by atoms with Crippen LogP contribution in [-0.4, -0.2) is 47.0 Å². The molecule has 0 unspecified atom stereocenters. The summed E-state index contributed by atoms with van der Waals surface area (Å²) in [5, 5.41) is 3.99. The van der Waals surface area contributed by atoms with Crippen LogP contribution in [0.15, 0.2) is 33.4 Å². The van der Waals surface area contributed by atoms with Crippen LogP contribution in [0.5, 0.6) is 0 Å². The van der Waals surface area contributed by atoms with Crippen LogP contribution in [0.4, 0.5) is 0 Å². The highest BCUT2D eigenvalue weighted by molar-refractivity contribution is 5.92. The van der Waals surface area contributed by atoms with Gasteiger partial charge in [0, 0.05) is 18.5 Å². The summed E-state index contributed by atoms with van der Waals surface area (Å²) >= 11 is 0. The summed E-state index contributed by atoms with van der Waals surface area (Å²) in [4.78, 5) is 17.2. The van der Waals surface area contributed by atoms with Crippen LogP contribution in [0.25, 0.3) is 0 Å². The first-order chi connectivity index (χ1) is 11.7. The lowest BCUT2D eigenvalue weighted by Crippen LogP contribution is -2.46. The molecule has 0 radical (unpaired) electrons. The van der Waals surface area contributed by atoms with Crippen molar-refractivity contribution >= 4 is 5.91 Å². The predicted octanol–water partition coefficient (Wildman–Crippen LogP) is 2.96. The van der Waals surface area contributed by atoms with Crippen LogP contribution >= 0.6 is 0 Å². The van der Waals surface area contributed by atoms with Crippen LogP contribution in [0, 0.1) is 0 Å². The number of amides is 1. The first-order valence-electron chi connectivity index (χ1n) is 8.65. The molecule has 0 atom stereocenters. The number of furan rings is 1. The summed E-state index contributed by atoms with van der Waals surface area (Å²) < 4.78 is 10.7. The van der Waals surface area contributed by atoms with E-state index in [4.69, 9.17) is 8.94 Å². The number of rotatable bonds is 6. The van der Waals surface area contributed by atoms with Crippen LogP contribution in [0.3, 0.4) is 0 Å². The number of aromatic nitrogens is 1. The Hall–Kier alpha value is -2.08. The molecule has 0 spiro atoms. The number of nitrogens with zero attached hydrogens (tertiary/aromatic N) is 3. The Morgan fingerprint density at radius 3 is 2.83 bits per heavy atom. The Balaban J connectivity index is 1.78. The average Bonchev–Trinajstić information content (AvgIpc) is 3.25. The zero-order chi connectivity index (χ0) is 16.9. The first kappa shape index (κ1) is 16.8.